The van der Waals surface area contributed by atoms with Crippen LogP contribution in [0.3, 0.4) is 0 Å². The topological polar surface area (TPSA) is 71.3 Å². The molecular formula is C14H22N2O3. The molecule has 1 aromatic rings. The molecule has 0 aromatic carbocycles. The highest BCUT2D eigenvalue weighted by Crippen LogP contribution is 2.02. The van der Waals surface area contributed by atoms with Gasteiger partial charge in [0.1, 0.15) is 6.26 Å². The minimum atomic E-state index is -0.303. The molecule has 5 heteroatoms. The Kier molecular flexibility index (Phi) is 6.71. The first kappa shape index (κ1) is 15.3. The molecule has 0 radical (unpaired) electrons. The first-order valence-electron chi connectivity index (χ1n) is 6.73. The van der Waals surface area contributed by atoms with Gasteiger partial charge in [0.2, 0.25) is 5.91 Å². The number of amides is 2. The van der Waals surface area contributed by atoms with Gasteiger partial charge in [-0.1, -0.05) is 26.2 Å². The van der Waals surface area contributed by atoms with Crippen molar-refractivity contribution in [2.75, 3.05) is 6.54 Å². The molecule has 1 aromatic heterocycles. The third kappa shape index (κ3) is 6.08. The van der Waals surface area contributed by atoms with Crippen molar-refractivity contribution in [3.63, 3.8) is 0 Å². The summed E-state index contributed by atoms with van der Waals surface area (Å²) >= 11 is 0. The average molecular weight is 266 g/mol. The zero-order valence-corrected chi connectivity index (χ0v) is 11.6. The normalized spacial score (nSPS) is 11.9. The fourth-order valence-corrected chi connectivity index (χ4v) is 1.75. The van der Waals surface area contributed by atoms with Gasteiger partial charge in [-0.25, -0.2) is 0 Å². The predicted molar refractivity (Wildman–Crippen MR) is 72.8 cm³/mol. The number of hydrogen-bond acceptors (Lipinski definition) is 3. The van der Waals surface area contributed by atoms with Crippen LogP contribution >= 0.6 is 0 Å². The SMILES string of the molecule is CCCCCC(C)NC(=O)CNC(=O)c1ccoc1. The molecule has 0 aliphatic rings. The van der Waals surface area contributed by atoms with E-state index in [1.165, 1.54) is 25.4 Å². The Balaban J connectivity index is 2.19. The van der Waals surface area contributed by atoms with E-state index in [2.05, 4.69) is 17.6 Å². The van der Waals surface area contributed by atoms with E-state index >= 15 is 0 Å². The van der Waals surface area contributed by atoms with Crippen LogP contribution < -0.4 is 10.6 Å². The number of carbonyl (C=O) groups excluding carboxylic acids is 2. The Bertz CT molecular complexity index is 387. The van der Waals surface area contributed by atoms with Crippen LogP contribution in [0.1, 0.15) is 49.9 Å². The lowest BCUT2D eigenvalue weighted by Gasteiger charge is -2.13. The van der Waals surface area contributed by atoms with Gasteiger partial charge in [0.25, 0.3) is 5.91 Å². The molecule has 0 aliphatic carbocycles. The fourth-order valence-electron chi connectivity index (χ4n) is 1.75. The maximum Gasteiger partial charge on any atom is 0.254 e. The highest BCUT2D eigenvalue weighted by Gasteiger charge is 2.10. The van der Waals surface area contributed by atoms with Crippen molar-refractivity contribution < 1.29 is 14.0 Å². The average Bonchev–Trinajstić information content (AvgIpc) is 2.90. The van der Waals surface area contributed by atoms with Gasteiger partial charge in [-0.15, -0.1) is 0 Å². The summed E-state index contributed by atoms with van der Waals surface area (Å²) in [5.74, 6) is -0.469. The predicted octanol–water partition coefficient (Wildman–Crippen LogP) is 2.09. The van der Waals surface area contributed by atoms with Gasteiger partial charge >= 0.3 is 0 Å². The van der Waals surface area contributed by atoms with Crippen LogP contribution in [0, 0.1) is 0 Å². The van der Waals surface area contributed by atoms with Crippen LogP contribution in [0.25, 0.3) is 0 Å². The quantitative estimate of drug-likeness (QED) is 0.708. The third-order valence-electron chi connectivity index (χ3n) is 2.84. The van der Waals surface area contributed by atoms with Crippen LogP contribution in [0.15, 0.2) is 23.0 Å². The van der Waals surface area contributed by atoms with Gasteiger partial charge in [0.05, 0.1) is 18.4 Å². The molecule has 1 atom stereocenters. The van der Waals surface area contributed by atoms with Crippen molar-refractivity contribution in [2.45, 2.75) is 45.6 Å². The molecule has 2 N–H and O–H groups in total. The number of carbonyl (C=O) groups is 2. The maximum atomic E-state index is 11.6. The van der Waals surface area contributed by atoms with Gasteiger partial charge in [-0.05, 0) is 19.4 Å². The summed E-state index contributed by atoms with van der Waals surface area (Å²) in [4.78, 5) is 23.2. The van der Waals surface area contributed by atoms with Gasteiger partial charge in [0, 0.05) is 6.04 Å². The van der Waals surface area contributed by atoms with E-state index in [1.54, 1.807) is 6.07 Å². The van der Waals surface area contributed by atoms with Crippen molar-refractivity contribution in [1.82, 2.24) is 10.6 Å². The second-order valence-corrected chi connectivity index (χ2v) is 4.66. The van der Waals surface area contributed by atoms with Gasteiger partial charge in [0.15, 0.2) is 0 Å². The summed E-state index contributed by atoms with van der Waals surface area (Å²) in [6, 6.07) is 1.70. The van der Waals surface area contributed by atoms with Crippen LogP contribution in [0.5, 0.6) is 0 Å². The van der Waals surface area contributed by atoms with Crippen molar-refractivity contribution >= 4 is 11.8 Å². The summed E-state index contributed by atoms with van der Waals surface area (Å²) in [5, 5.41) is 5.41. The Morgan fingerprint density at radius 3 is 2.79 bits per heavy atom. The molecule has 0 fully saturated rings. The standard InChI is InChI=1S/C14H22N2O3/c1-3-4-5-6-11(2)16-13(17)9-15-14(18)12-7-8-19-10-12/h7-8,10-11H,3-6,9H2,1-2H3,(H,15,18)(H,16,17). The number of furan rings is 1. The van der Waals surface area contributed by atoms with Crippen molar-refractivity contribution in [2.24, 2.45) is 0 Å². The summed E-state index contributed by atoms with van der Waals surface area (Å²) in [6.45, 7) is 4.11. The Morgan fingerprint density at radius 2 is 2.16 bits per heavy atom. The second-order valence-electron chi connectivity index (χ2n) is 4.66. The van der Waals surface area contributed by atoms with E-state index in [9.17, 15) is 9.59 Å². The molecule has 0 spiro atoms. The molecule has 1 heterocycles. The minimum Gasteiger partial charge on any atom is -0.472 e. The minimum absolute atomic E-state index is 0.0118. The monoisotopic (exact) mass is 266 g/mol. The lowest BCUT2D eigenvalue weighted by molar-refractivity contribution is -0.120. The Labute approximate surface area is 113 Å². The van der Waals surface area contributed by atoms with E-state index in [0.29, 0.717) is 5.56 Å². The van der Waals surface area contributed by atoms with Gasteiger partial charge < -0.3 is 15.1 Å². The maximum absolute atomic E-state index is 11.6. The molecular weight excluding hydrogens is 244 g/mol. The van der Waals surface area contributed by atoms with Crippen LogP contribution in [0.2, 0.25) is 0 Å². The highest BCUT2D eigenvalue weighted by atomic mass is 16.3. The Morgan fingerprint density at radius 1 is 1.37 bits per heavy atom. The van der Waals surface area contributed by atoms with E-state index in [-0.39, 0.29) is 24.4 Å². The molecule has 0 bridgehead atoms. The zero-order chi connectivity index (χ0) is 14.1. The molecule has 106 valence electrons. The smallest absolute Gasteiger partial charge is 0.254 e. The van der Waals surface area contributed by atoms with Crippen molar-refractivity contribution in [3.8, 4) is 0 Å². The summed E-state index contributed by atoms with van der Waals surface area (Å²) in [5.41, 5.74) is 0.420. The molecule has 0 saturated carbocycles. The van der Waals surface area contributed by atoms with E-state index in [4.69, 9.17) is 4.42 Å². The summed E-state index contributed by atoms with van der Waals surface area (Å²) < 4.78 is 4.80. The van der Waals surface area contributed by atoms with Crippen molar-refractivity contribution in [1.29, 1.82) is 0 Å². The van der Waals surface area contributed by atoms with Crippen LogP contribution in [-0.2, 0) is 4.79 Å². The number of rotatable bonds is 8. The number of nitrogens with one attached hydrogen (secondary N) is 2. The molecule has 0 saturated heterocycles. The Hall–Kier alpha value is -1.78. The summed E-state index contributed by atoms with van der Waals surface area (Å²) in [7, 11) is 0. The van der Waals surface area contributed by atoms with E-state index < -0.39 is 0 Å². The van der Waals surface area contributed by atoms with Crippen LogP contribution in [-0.4, -0.2) is 24.4 Å². The van der Waals surface area contributed by atoms with Crippen LogP contribution in [0.4, 0.5) is 0 Å². The number of hydrogen-bond donors (Lipinski definition) is 2. The second kappa shape index (κ2) is 8.34. The van der Waals surface area contributed by atoms with E-state index in [0.717, 1.165) is 12.8 Å². The third-order valence-corrected chi connectivity index (χ3v) is 2.84. The molecule has 0 aliphatic heterocycles. The first-order valence-corrected chi connectivity index (χ1v) is 6.73. The zero-order valence-electron chi connectivity index (χ0n) is 11.6. The molecule has 19 heavy (non-hydrogen) atoms. The lowest BCUT2D eigenvalue weighted by atomic mass is 10.1. The van der Waals surface area contributed by atoms with Gasteiger partial charge in [-0.2, -0.15) is 0 Å². The van der Waals surface area contributed by atoms with E-state index in [1.807, 2.05) is 6.92 Å². The highest BCUT2D eigenvalue weighted by molar-refractivity contribution is 5.96. The largest absolute Gasteiger partial charge is 0.472 e. The molecule has 1 unspecified atom stereocenters. The molecule has 1 rings (SSSR count). The molecule has 2 amide bonds. The number of unbranched alkanes of at least 4 members (excludes halogenated alkanes) is 2. The fraction of sp³-hybridized carbons (Fsp3) is 0.571. The van der Waals surface area contributed by atoms with Crippen molar-refractivity contribution in [3.05, 3.63) is 24.2 Å². The van der Waals surface area contributed by atoms with Gasteiger partial charge in [-0.3, -0.25) is 9.59 Å². The first-order chi connectivity index (χ1) is 9.13. The summed E-state index contributed by atoms with van der Waals surface area (Å²) in [6.07, 6.45) is 7.19. The lowest BCUT2D eigenvalue weighted by Crippen LogP contribution is -2.40. The molecule has 5 nitrogen and oxygen atoms in total.